The average Bonchev–Trinajstić information content (AvgIpc) is 2.99. The maximum absolute atomic E-state index is 12.4. The molecule has 10 heteroatoms. The monoisotopic (exact) mass is 638 g/mol. The molecule has 0 bridgehead atoms. The van der Waals surface area contributed by atoms with Crippen LogP contribution in [-0.2, 0) is 27.9 Å². The summed E-state index contributed by atoms with van der Waals surface area (Å²) in [4.78, 5) is 22.3. The fourth-order valence-corrected chi connectivity index (χ4v) is 5.61. The molecule has 3 N–H and O–H groups in total. The van der Waals surface area contributed by atoms with E-state index in [-0.39, 0.29) is 25.6 Å². The fraction of sp³-hybridized carbons (Fsp3) is 0.970. The summed E-state index contributed by atoms with van der Waals surface area (Å²) in [6.07, 6.45) is 25.0. The van der Waals surface area contributed by atoms with Crippen molar-refractivity contribution in [1.82, 2.24) is 0 Å². The first-order valence-electron chi connectivity index (χ1n) is 17.5. The minimum Gasteiger partial charge on any atom is -0.457 e. The highest BCUT2D eigenvalue weighted by Gasteiger charge is 2.26. The molecule has 0 rings (SSSR count). The van der Waals surface area contributed by atoms with Crippen LogP contribution in [0.3, 0.4) is 0 Å². The molecule has 258 valence electrons. The number of unbranched alkanes of at least 4 members (excludes halogenated alkanes) is 20. The number of aliphatic hydroxyl groups excluding tert-OH is 2. The first-order chi connectivity index (χ1) is 20.8. The summed E-state index contributed by atoms with van der Waals surface area (Å²) in [5.41, 5.74) is 0. The molecule has 0 fully saturated rings. The first kappa shape index (κ1) is 42.5. The van der Waals surface area contributed by atoms with Gasteiger partial charge < -0.3 is 24.6 Å². The zero-order valence-electron chi connectivity index (χ0n) is 27.7. The van der Waals surface area contributed by atoms with Crippen molar-refractivity contribution in [3.8, 4) is 0 Å². The van der Waals surface area contributed by atoms with Crippen molar-refractivity contribution in [2.45, 2.75) is 174 Å². The Hall–Kier alpha value is -0.540. The standard InChI is InChI=1S/C33H67O9P/c1-3-5-7-9-11-13-14-15-16-17-18-20-22-24-26-39-29-32(30-41-43(37,38)40-28-31(35)27-34)42-33(36)25-23-21-19-12-10-8-6-4-2/h31-32,34-35H,3-30H2,1-2H3,(H,37,38)/t31-,32+/m0/s1. The summed E-state index contributed by atoms with van der Waals surface area (Å²) in [7, 11) is -4.49. The second-order valence-corrected chi connectivity index (χ2v) is 13.4. The van der Waals surface area contributed by atoms with E-state index in [1.54, 1.807) is 0 Å². The van der Waals surface area contributed by atoms with Gasteiger partial charge in [-0.15, -0.1) is 0 Å². The summed E-state index contributed by atoms with van der Waals surface area (Å²) < 4.78 is 33.1. The van der Waals surface area contributed by atoms with Gasteiger partial charge in [-0.05, 0) is 12.8 Å². The Bertz CT molecular complexity index is 650. The molecule has 43 heavy (non-hydrogen) atoms. The van der Waals surface area contributed by atoms with E-state index < -0.39 is 33.2 Å². The van der Waals surface area contributed by atoms with E-state index in [1.165, 1.54) is 109 Å². The summed E-state index contributed by atoms with van der Waals surface area (Å²) >= 11 is 0. The molecular formula is C33H67O9P. The number of esters is 1. The van der Waals surface area contributed by atoms with Crippen molar-refractivity contribution in [1.29, 1.82) is 0 Å². The molecule has 3 atom stereocenters. The number of hydrogen-bond donors (Lipinski definition) is 3. The van der Waals surface area contributed by atoms with Crippen LogP contribution in [-0.4, -0.2) is 66.3 Å². The van der Waals surface area contributed by atoms with Gasteiger partial charge in [0.1, 0.15) is 12.2 Å². The van der Waals surface area contributed by atoms with Gasteiger partial charge in [-0.2, -0.15) is 0 Å². The third-order valence-electron chi connectivity index (χ3n) is 7.54. The Balaban J connectivity index is 4.19. The van der Waals surface area contributed by atoms with Crippen molar-refractivity contribution in [3.63, 3.8) is 0 Å². The lowest BCUT2D eigenvalue weighted by molar-refractivity contribution is -0.154. The minimum atomic E-state index is -4.49. The molecule has 0 radical (unpaired) electrons. The molecule has 0 aromatic carbocycles. The van der Waals surface area contributed by atoms with Gasteiger partial charge in [-0.25, -0.2) is 4.57 Å². The van der Waals surface area contributed by atoms with E-state index in [2.05, 4.69) is 13.8 Å². The fourth-order valence-electron chi connectivity index (χ4n) is 4.83. The van der Waals surface area contributed by atoms with E-state index in [4.69, 9.17) is 23.6 Å². The third kappa shape index (κ3) is 31.2. The van der Waals surface area contributed by atoms with E-state index in [9.17, 15) is 19.4 Å². The summed E-state index contributed by atoms with van der Waals surface area (Å²) in [6.45, 7) is 3.50. The van der Waals surface area contributed by atoms with Gasteiger partial charge in [0.2, 0.25) is 0 Å². The molecule has 0 spiro atoms. The second-order valence-electron chi connectivity index (χ2n) is 11.9. The largest absolute Gasteiger partial charge is 0.472 e. The SMILES string of the molecule is CCCCCCCCCCCCCCCCOC[C@H](COP(=O)(O)OC[C@@H](O)CO)OC(=O)CCCCCCCCCC. The van der Waals surface area contributed by atoms with E-state index >= 15 is 0 Å². The zero-order valence-corrected chi connectivity index (χ0v) is 28.6. The highest BCUT2D eigenvalue weighted by Crippen LogP contribution is 2.43. The Morgan fingerprint density at radius 3 is 1.51 bits per heavy atom. The van der Waals surface area contributed by atoms with Gasteiger partial charge in [-0.1, -0.05) is 142 Å². The maximum atomic E-state index is 12.4. The molecule has 0 amide bonds. The van der Waals surface area contributed by atoms with Crippen LogP contribution >= 0.6 is 7.82 Å². The van der Waals surface area contributed by atoms with Gasteiger partial charge in [0.25, 0.3) is 0 Å². The van der Waals surface area contributed by atoms with Crippen LogP contribution in [0, 0.1) is 0 Å². The summed E-state index contributed by atoms with van der Waals surface area (Å²) in [6, 6.07) is 0. The zero-order chi connectivity index (χ0) is 31.9. The summed E-state index contributed by atoms with van der Waals surface area (Å²) in [5, 5.41) is 18.2. The Kier molecular flexibility index (Phi) is 31.0. The van der Waals surface area contributed by atoms with Crippen molar-refractivity contribution in [2.24, 2.45) is 0 Å². The molecule has 0 heterocycles. The molecular weight excluding hydrogens is 571 g/mol. The highest BCUT2D eigenvalue weighted by atomic mass is 31.2. The van der Waals surface area contributed by atoms with Crippen LogP contribution in [0.5, 0.6) is 0 Å². The van der Waals surface area contributed by atoms with Gasteiger partial charge in [0.05, 0.1) is 26.4 Å². The number of ether oxygens (including phenoxy) is 2. The molecule has 0 saturated heterocycles. The molecule has 0 aromatic heterocycles. The molecule has 0 aliphatic rings. The highest BCUT2D eigenvalue weighted by molar-refractivity contribution is 7.47. The molecule has 0 aromatic rings. The number of aliphatic hydroxyl groups is 2. The number of hydrogen-bond acceptors (Lipinski definition) is 8. The predicted molar refractivity (Wildman–Crippen MR) is 173 cm³/mol. The van der Waals surface area contributed by atoms with Crippen molar-refractivity contribution in [2.75, 3.05) is 33.0 Å². The quantitative estimate of drug-likeness (QED) is 0.0361. The maximum Gasteiger partial charge on any atom is 0.472 e. The second kappa shape index (κ2) is 31.4. The molecule has 0 aliphatic carbocycles. The van der Waals surface area contributed by atoms with Gasteiger partial charge in [-0.3, -0.25) is 13.8 Å². The average molecular weight is 639 g/mol. The van der Waals surface area contributed by atoms with Crippen molar-refractivity contribution in [3.05, 3.63) is 0 Å². The number of carbonyl (C=O) groups excluding carboxylic acids is 1. The Morgan fingerprint density at radius 1 is 0.628 bits per heavy atom. The molecule has 0 aliphatic heterocycles. The smallest absolute Gasteiger partial charge is 0.457 e. The Morgan fingerprint density at radius 2 is 1.05 bits per heavy atom. The van der Waals surface area contributed by atoms with Crippen molar-refractivity contribution >= 4 is 13.8 Å². The summed E-state index contributed by atoms with van der Waals surface area (Å²) in [5.74, 6) is -0.385. The van der Waals surface area contributed by atoms with Crippen molar-refractivity contribution < 1.29 is 43.0 Å². The normalized spacial score (nSPS) is 14.4. The van der Waals surface area contributed by atoms with Crippen LogP contribution in [0.25, 0.3) is 0 Å². The van der Waals surface area contributed by atoms with Crippen LogP contribution in [0.4, 0.5) is 0 Å². The predicted octanol–water partition coefficient (Wildman–Crippen LogP) is 8.41. The Labute approximate surface area is 263 Å². The van der Waals surface area contributed by atoms with E-state index in [1.807, 2.05) is 0 Å². The topological polar surface area (TPSA) is 132 Å². The van der Waals surface area contributed by atoms with Crippen LogP contribution in [0.15, 0.2) is 0 Å². The lowest BCUT2D eigenvalue weighted by Crippen LogP contribution is -2.29. The molecule has 0 saturated carbocycles. The molecule has 1 unspecified atom stereocenters. The van der Waals surface area contributed by atoms with E-state index in [0.29, 0.717) is 6.61 Å². The number of rotatable bonds is 34. The van der Waals surface area contributed by atoms with Crippen LogP contribution in [0.2, 0.25) is 0 Å². The first-order valence-corrected chi connectivity index (χ1v) is 19.0. The van der Waals surface area contributed by atoms with E-state index in [0.717, 1.165) is 32.1 Å². The van der Waals surface area contributed by atoms with Crippen LogP contribution < -0.4 is 0 Å². The third-order valence-corrected chi connectivity index (χ3v) is 8.49. The molecule has 9 nitrogen and oxygen atoms in total. The number of carbonyl (C=O) groups is 1. The van der Waals surface area contributed by atoms with Gasteiger partial charge >= 0.3 is 13.8 Å². The number of phosphoric acid groups is 1. The minimum absolute atomic E-state index is 0.0564. The van der Waals surface area contributed by atoms with Crippen LogP contribution in [0.1, 0.15) is 162 Å². The number of phosphoric ester groups is 1. The lowest BCUT2D eigenvalue weighted by Gasteiger charge is -2.20. The van der Waals surface area contributed by atoms with Gasteiger partial charge in [0.15, 0.2) is 0 Å². The lowest BCUT2D eigenvalue weighted by atomic mass is 10.0. The van der Waals surface area contributed by atoms with Gasteiger partial charge in [0, 0.05) is 13.0 Å².